The largest absolute Gasteiger partial charge is 0.494 e. The molecule has 27 heavy (non-hydrogen) atoms. The first-order valence-corrected chi connectivity index (χ1v) is 10.0. The number of sulfonamides is 1. The summed E-state index contributed by atoms with van der Waals surface area (Å²) in [4.78, 5) is 4.25. The molecule has 1 heterocycles. The zero-order chi connectivity index (χ0) is 19.0. The molecule has 2 aromatic carbocycles. The molecule has 3 aromatic rings. The van der Waals surface area contributed by atoms with Gasteiger partial charge in [0.1, 0.15) is 0 Å². The lowest BCUT2D eigenvalue weighted by Gasteiger charge is -2.12. The number of halogens is 1. The Kier molecular flexibility index (Phi) is 4.35. The number of ether oxygens (including phenoxy) is 1. The number of fused-ring (bicyclic) bond motifs is 1. The van der Waals surface area contributed by atoms with Crippen LogP contribution in [0.1, 0.15) is 12.8 Å². The summed E-state index contributed by atoms with van der Waals surface area (Å²) in [6, 6.07) is 11.6. The van der Waals surface area contributed by atoms with Gasteiger partial charge in [-0.2, -0.15) is 0 Å². The Morgan fingerprint density at radius 2 is 1.81 bits per heavy atom. The smallest absolute Gasteiger partial charge is 0.235 e. The number of rotatable bonds is 6. The maximum Gasteiger partial charge on any atom is 0.235 e. The fourth-order valence-corrected chi connectivity index (χ4v) is 4.20. The Balaban J connectivity index is 1.58. The van der Waals surface area contributed by atoms with Crippen molar-refractivity contribution in [3.8, 4) is 5.75 Å². The number of nitrogens with zero attached hydrogens (tertiary/aromatic N) is 1. The summed E-state index contributed by atoms with van der Waals surface area (Å²) in [7, 11) is -1.88. The van der Waals surface area contributed by atoms with Gasteiger partial charge in [-0.3, -0.25) is 9.71 Å². The molecule has 0 spiro atoms. The van der Waals surface area contributed by atoms with Crippen molar-refractivity contribution in [2.45, 2.75) is 18.1 Å². The van der Waals surface area contributed by atoms with Gasteiger partial charge in [0.05, 0.1) is 17.9 Å². The Labute approximate surface area is 156 Å². The van der Waals surface area contributed by atoms with Crippen molar-refractivity contribution in [2.75, 3.05) is 17.1 Å². The van der Waals surface area contributed by atoms with Gasteiger partial charge in [-0.25, -0.2) is 12.8 Å². The van der Waals surface area contributed by atoms with Crippen LogP contribution in [0, 0.1) is 5.82 Å². The molecule has 0 saturated heterocycles. The molecule has 1 aromatic heterocycles. The number of anilines is 3. The summed E-state index contributed by atoms with van der Waals surface area (Å²) in [5, 5.41) is 3.56. The summed E-state index contributed by atoms with van der Waals surface area (Å²) in [5.41, 5.74) is 2.55. The van der Waals surface area contributed by atoms with E-state index in [4.69, 9.17) is 4.74 Å². The second kappa shape index (κ2) is 6.70. The first kappa shape index (κ1) is 17.5. The average Bonchev–Trinajstić information content (AvgIpc) is 3.49. The number of methoxy groups -OCH3 is 1. The minimum atomic E-state index is -3.28. The number of benzene rings is 2. The van der Waals surface area contributed by atoms with Crippen LogP contribution < -0.4 is 14.8 Å². The molecule has 1 fully saturated rings. The first-order valence-electron chi connectivity index (χ1n) is 8.47. The van der Waals surface area contributed by atoms with E-state index in [2.05, 4.69) is 15.0 Å². The van der Waals surface area contributed by atoms with Gasteiger partial charge in [0.25, 0.3) is 0 Å². The fraction of sp³-hybridized carbons (Fsp3) is 0.211. The van der Waals surface area contributed by atoms with Crippen molar-refractivity contribution in [1.29, 1.82) is 0 Å². The maximum absolute atomic E-state index is 14.1. The highest BCUT2D eigenvalue weighted by molar-refractivity contribution is 7.93. The summed E-state index contributed by atoms with van der Waals surface area (Å²) in [6.45, 7) is 0. The van der Waals surface area contributed by atoms with Gasteiger partial charge in [-0.15, -0.1) is 0 Å². The van der Waals surface area contributed by atoms with Crippen LogP contribution in [0.15, 0.2) is 48.7 Å². The van der Waals surface area contributed by atoms with Gasteiger partial charge in [0.15, 0.2) is 11.6 Å². The molecule has 0 aliphatic heterocycles. The topological polar surface area (TPSA) is 80.3 Å². The van der Waals surface area contributed by atoms with E-state index in [1.54, 1.807) is 42.6 Å². The van der Waals surface area contributed by atoms with Crippen LogP contribution in [0.3, 0.4) is 0 Å². The van der Waals surface area contributed by atoms with Gasteiger partial charge >= 0.3 is 0 Å². The van der Waals surface area contributed by atoms with Crippen molar-refractivity contribution in [1.82, 2.24) is 4.98 Å². The monoisotopic (exact) mass is 387 g/mol. The third kappa shape index (κ3) is 3.66. The van der Waals surface area contributed by atoms with E-state index < -0.39 is 15.8 Å². The average molecular weight is 387 g/mol. The van der Waals surface area contributed by atoms with Crippen molar-refractivity contribution < 1.29 is 17.5 Å². The normalized spacial score (nSPS) is 14.1. The zero-order valence-electron chi connectivity index (χ0n) is 14.6. The molecule has 0 atom stereocenters. The van der Waals surface area contributed by atoms with Gasteiger partial charge in [0, 0.05) is 34.7 Å². The minimum absolute atomic E-state index is 0.138. The van der Waals surface area contributed by atoms with E-state index in [0.717, 1.165) is 5.69 Å². The second-order valence-electron chi connectivity index (χ2n) is 6.41. The molecule has 2 N–H and O–H groups in total. The predicted octanol–water partition coefficient (Wildman–Crippen LogP) is 4.03. The summed E-state index contributed by atoms with van der Waals surface area (Å²) >= 11 is 0. The quantitative estimate of drug-likeness (QED) is 0.667. The number of hydrogen-bond donors (Lipinski definition) is 2. The summed E-state index contributed by atoms with van der Waals surface area (Å²) in [6.07, 6.45) is 3.05. The van der Waals surface area contributed by atoms with Crippen molar-refractivity contribution >= 4 is 38.0 Å². The van der Waals surface area contributed by atoms with E-state index in [1.165, 1.54) is 13.2 Å². The third-order valence-electron chi connectivity index (χ3n) is 4.40. The van der Waals surface area contributed by atoms with Crippen LogP contribution >= 0.6 is 0 Å². The maximum atomic E-state index is 14.1. The molecule has 6 nitrogen and oxygen atoms in total. The lowest BCUT2D eigenvalue weighted by atomic mass is 10.1. The van der Waals surface area contributed by atoms with Crippen LogP contribution in [0.25, 0.3) is 10.9 Å². The molecular weight excluding hydrogens is 369 g/mol. The van der Waals surface area contributed by atoms with Crippen LogP contribution in [0.4, 0.5) is 21.5 Å². The number of hydrogen-bond acceptors (Lipinski definition) is 5. The van der Waals surface area contributed by atoms with Gasteiger partial charge in [0.2, 0.25) is 10.0 Å². The number of pyridine rings is 1. The Bertz CT molecular complexity index is 1100. The first-order chi connectivity index (χ1) is 13.0. The Morgan fingerprint density at radius 1 is 1.11 bits per heavy atom. The van der Waals surface area contributed by atoms with Crippen molar-refractivity contribution in [3.05, 3.63) is 54.5 Å². The molecular formula is C19H18FN3O3S. The van der Waals surface area contributed by atoms with Crippen LogP contribution in [-0.2, 0) is 10.0 Å². The van der Waals surface area contributed by atoms with Crippen molar-refractivity contribution in [2.24, 2.45) is 0 Å². The molecule has 1 saturated carbocycles. The van der Waals surface area contributed by atoms with Gasteiger partial charge < -0.3 is 10.1 Å². The van der Waals surface area contributed by atoms with E-state index in [9.17, 15) is 12.8 Å². The van der Waals surface area contributed by atoms with Crippen molar-refractivity contribution in [3.63, 3.8) is 0 Å². The zero-order valence-corrected chi connectivity index (χ0v) is 15.4. The van der Waals surface area contributed by atoms with Gasteiger partial charge in [-0.1, -0.05) is 0 Å². The highest BCUT2D eigenvalue weighted by Crippen LogP contribution is 2.32. The van der Waals surface area contributed by atoms with Crippen LogP contribution in [0.5, 0.6) is 5.75 Å². The van der Waals surface area contributed by atoms with E-state index in [0.29, 0.717) is 35.1 Å². The van der Waals surface area contributed by atoms with E-state index in [1.807, 2.05) is 0 Å². The molecule has 0 radical (unpaired) electrons. The molecule has 4 rings (SSSR count). The summed E-state index contributed by atoms with van der Waals surface area (Å²) in [5.74, 6) is -0.328. The van der Waals surface area contributed by atoms with E-state index in [-0.39, 0.29) is 11.0 Å². The number of nitrogens with one attached hydrogen (secondary N) is 2. The highest BCUT2D eigenvalue weighted by atomic mass is 32.2. The summed E-state index contributed by atoms with van der Waals surface area (Å²) < 4.78 is 45.6. The highest BCUT2D eigenvalue weighted by Gasteiger charge is 2.35. The Morgan fingerprint density at radius 3 is 2.48 bits per heavy atom. The standard InChI is InChI=1S/C19H18FN3O3S/c1-26-19-11-18-15(10-16(19)20)17(8-9-21-18)22-12-2-4-13(5-3-12)23-27(24,25)14-6-7-14/h2-5,8-11,14,23H,6-7H2,1H3,(H,21,22). The Hall–Kier alpha value is -2.87. The minimum Gasteiger partial charge on any atom is -0.494 e. The second-order valence-corrected chi connectivity index (χ2v) is 8.37. The molecule has 140 valence electrons. The molecule has 0 amide bonds. The number of aromatic nitrogens is 1. The molecule has 1 aliphatic rings. The molecule has 0 bridgehead atoms. The van der Waals surface area contributed by atoms with Crippen LogP contribution in [0.2, 0.25) is 0 Å². The van der Waals surface area contributed by atoms with E-state index >= 15 is 0 Å². The lowest BCUT2D eigenvalue weighted by Crippen LogP contribution is -2.17. The lowest BCUT2D eigenvalue weighted by molar-refractivity contribution is 0.387. The van der Waals surface area contributed by atoms with Crippen LogP contribution in [-0.4, -0.2) is 25.8 Å². The molecule has 8 heteroatoms. The fourth-order valence-electron chi connectivity index (χ4n) is 2.82. The third-order valence-corrected chi connectivity index (χ3v) is 6.27. The SMILES string of the molecule is COc1cc2nccc(Nc3ccc(NS(=O)(=O)C4CC4)cc3)c2cc1F. The predicted molar refractivity (Wildman–Crippen MR) is 104 cm³/mol. The molecule has 1 aliphatic carbocycles. The van der Waals surface area contributed by atoms with Gasteiger partial charge in [-0.05, 0) is 49.2 Å². The molecule has 0 unspecified atom stereocenters.